The minimum Gasteiger partial charge on any atom is -0.467 e. The number of hydrogen-bond acceptors (Lipinski definition) is 5. The predicted octanol–water partition coefficient (Wildman–Crippen LogP) is 3.99. The van der Waals surface area contributed by atoms with E-state index >= 15 is 0 Å². The smallest absolute Gasteiger partial charge is 0.224 e. The van der Waals surface area contributed by atoms with Crippen LogP contribution in [0.5, 0.6) is 0 Å². The first kappa shape index (κ1) is 15.4. The van der Waals surface area contributed by atoms with Crippen LogP contribution in [0.25, 0.3) is 0 Å². The Balaban J connectivity index is 1.51. The highest BCUT2D eigenvalue weighted by molar-refractivity contribution is 6.30. The molecule has 2 aromatic heterocycles. The maximum Gasteiger partial charge on any atom is 0.224 e. The van der Waals surface area contributed by atoms with Crippen molar-refractivity contribution >= 4 is 23.4 Å². The van der Waals surface area contributed by atoms with Gasteiger partial charge in [0.1, 0.15) is 11.6 Å². The van der Waals surface area contributed by atoms with E-state index in [1.54, 1.807) is 12.5 Å². The van der Waals surface area contributed by atoms with Crippen molar-refractivity contribution in [1.29, 1.82) is 0 Å². The summed E-state index contributed by atoms with van der Waals surface area (Å²) >= 11 is 5.98. The van der Waals surface area contributed by atoms with Crippen LogP contribution in [0.4, 0.5) is 11.8 Å². The molecule has 0 aliphatic heterocycles. The fourth-order valence-electron chi connectivity index (χ4n) is 2.14. The van der Waals surface area contributed by atoms with E-state index in [0.717, 1.165) is 29.6 Å². The first-order chi connectivity index (χ1) is 11.3. The zero-order valence-electron chi connectivity index (χ0n) is 12.5. The Morgan fingerprint density at radius 1 is 1.09 bits per heavy atom. The van der Waals surface area contributed by atoms with Crippen molar-refractivity contribution in [3.05, 3.63) is 71.3 Å². The summed E-state index contributed by atoms with van der Waals surface area (Å²) in [6.45, 7) is 1.33. The number of furan rings is 1. The van der Waals surface area contributed by atoms with Crippen LogP contribution in [-0.2, 0) is 13.0 Å². The van der Waals surface area contributed by atoms with Gasteiger partial charge in [0.25, 0.3) is 0 Å². The molecule has 0 saturated heterocycles. The molecule has 118 valence electrons. The molecule has 23 heavy (non-hydrogen) atoms. The van der Waals surface area contributed by atoms with Crippen LogP contribution in [0.2, 0.25) is 5.02 Å². The normalized spacial score (nSPS) is 10.5. The average molecular weight is 329 g/mol. The van der Waals surface area contributed by atoms with Gasteiger partial charge in [0.05, 0.1) is 12.8 Å². The fraction of sp³-hybridized carbons (Fsp3) is 0.176. The molecule has 0 spiro atoms. The van der Waals surface area contributed by atoms with Crippen LogP contribution in [0.3, 0.4) is 0 Å². The van der Waals surface area contributed by atoms with Gasteiger partial charge in [-0.25, -0.2) is 4.98 Å². The van der Waals surface area contributed by atoms with Gasteiger partial charge in [-0.05, 0) is 42.3 Å². The lowest BCUT2D eigenvalue weighted by Gasteiger charge is -2.08. The standard InChI is InChI=1S/C17H17ClN4O/c18-14-4-1-3-13(11-14)6-8-19-17-20-9-7-16(22-17)21-12-15-5-2-10-23-15/h1-5,7,9-11H,6,8,12H2,(H2,19,20,21,22). The Hall–Kier alpha value is -2.53. The molecular weight excluding hydrogens is 312 g/mol. The molecule has 1 aromatic carbocycles. The Kier molecular flexibility index (Phi) is 5.11. The van der Waals surface area contributed by atoms with Gasteiger partial charge in [-0.2, -0.15) is 4.98 Å². The van der Waals surface area contributed by atoms with E-state index in [1.807, 2.05) is 36.4 Å². The molecule has 0 aliphatic rings. The van der Waals surface area contributed by atoms with Crippen molar-refractivity contribution in [2.75, 3.05) is 17.2 Å². The van der Waals surface area contributed by atoms with Gasteiger partial charge >= 0.3 is 0 Å². The molecule has 5 nitrogen and oxygen atoms in total. The highest BCUT2D eigenvalue weighted by Gasteiger charge is 2.01. The minimum atomic E-state index is 0.589. The average Bonchev–Trinajstić information content (AvgIpc) is 3.07. The summed E-state index contributed by atoms with van der Waals surface area (Å²) in [5, 5.41) is 7.17. The van der Waals surface area contributed by atoms with Crippen molar-refractivity contribution in [3.63, 3.8) is 0 Å². The lowest BCUT2D eigenvalue weighted by atomic mass is 10.1. The van der Waals surface area contributed by atoms with Crippen molar-refractivity contribution in [2.45, 2.75) is 13.0 Å². The molecule has 0 unspecified atom stereocenters. The molecule has 0 aliphatic carbocycles. The molecule has 0 radical (unpaired) electrons. The van der Waals surface area contributed by atoms with Crippen molar-refractivity contribution in [2.24, 2.45) is 0 Å². The van der Waals surface area contributed by atoms with Crippen molar-refractivity contribution < 1.29 is 4.42 Å². The Bertz CT molecular complexity index is 746. The Morgan fingerprint density at radius 3 is 2.87 bits per heavy atom. The number of nitrogens with one attached hydrogen (secondary N) is 2. The largest absolute Gasteiger partial charge is 0.467 e. The number of anilines is 2. The number of benzene rings is 1. The van der Waals surface area contributed by atoms with Crippen LogP contribution < -0.4 is 10.6 Å². The monoisotopic (exact) mass is 328 g/mol. The zero-order valence-corrected chi connectivity index (χ0v) is 13.3. The van der Waals surface area contributed by atoms with Crippen molar-refractivity contribution in [3.8, 4) is 0 Å². The molecule has 0 fully saturated rings. The second-order valence-electron chi connectivity index (χ2n) is 5.01. The second kappa shape index (κ2) is 7.65. The lowest BCUT2D eigenvalue weighted by molar-refractivity contribution is 0.518. The molecule has 3 aromatic rings. The van der Waals surface area contributed by atoms with Gasteiger partial charge in [0, 0.05) is 17.8 Å². The molecule has 3 rings (SSSR count). The molecular formula is C17H17ClN4O. The number of halogens is 1. The van der Waals surface area contributed by atoms with E-state index in [4.69, 9.17) is 16.0 Å². The first-order valence-electron chi connectivity index (χ1n) is 7.37. The third-order valence-corrected chi connectivity index (χ3v) is 3.50. The van der Waals surface area contributed by atoms with Crippen LogP contribution >= 0.6 is 11.6 Å². The number of rotatable bonds is 7. The van der Waals surface area contributed by atoms with Crippen LogP contribution in [0.1, 0.15) is 11.3 Å². The highest BCUT2D eigenvalue weighted by Crippen LogP contribution is 2.12. The fourth-order valence-corrected chi connectivity index (χ4v) is 2.36. The molecule has 0 saturated carbocycles. The third kappa shape index (κ3) is 4.72. The summed E-state index contributed by atoms with van der Waals surface area (Å²) in [6, 6.07) is 13.4. The summed E-state index contributed by atoms with van der Waals surface area (Å²) in [7, 11) is 0. The van der Waals surface area contributed by atoms with E-state index in [9.17, 15) is 0 Å². The summed E-state index contributed by atoms with van der Waals surface area (Å²) < 4.78 is 5.28. The molecule has 2 N–H and O–H groups in total. The van der Waals surface area contributed by atoms with Gasteiger partial charge in [0.2, 0.25) is 5.95 Å². The summed E-state index contributed by atoms with van der Waals surface area (Å²) in [5.41, 5.74) is 1.18. The molecule has 0 atom stereocenters. The molecule has 6 heteroatoms. The first-order valence-corrected chi connectivity index (χ1v) is 7.75. The van der Waals surface area contributed by atoms with Crippen LogP contribution in [-0.4, -0.2) is 16.5 Å². The highest BCUT2D eigenvalue weighted by atomic mass is 35.5. The minimum absolute atomic E-state index is 0.589. The quantitative estimate of drug-likeness (QED) is 0.686. The van der Waals surface area contributed by atoms with E-state index in [0.29, 0.717) is 12.5 Å². The molecule has 0 bridgehead atoms. The zero-order chi connectivity index (χ0) is 15.9. The predicted molar refractivity (Wildman–Crippen MR) is 91.7 cm³/mol. The maximum atomic E-state index is 5.98. The number of hydrogen-bond donors (Lipinski definition) is 2. The molecule has 0 amide bonds. The Labute approximate surface area is 139 Å². The van der Waals surface area contributed by atoms with Gasteiger partial charge < -0.3 is 15.1 Å². The van der Waals surface area contributed by atoms with Crippen molar-refractivity contribution in [1.82, 2.24) is 9.97 Å². The van der Waals surface area contributed by atoms with Gasteiger partial charge in [0.15, 0.2) is 0 Å². The van der Waals surface area contributed by atoms with Gasteiger partial charge in [-0.15, -0.1) is 0 Å². The number of nitrogens with zero attached hydrogens (tertiary/aromatic N) is 2. The summed E-state index contributed by atoms with van der Waals surface area (Å²) in [5.74, 6) is 2.21. The maximum absolute atomic E-state index is 5.98. The van der Waals surface area contributed by atoms with Gasteiger partial charge in [-0.3, -0.25) is 0 Å². The topological polar surface area (TPSA) is 63.0 Å². The van der Waals surface area contributed by atoms with E-state index in [-0.39, 0.29) is 0 Å². The van der Waals surface area contributed by atoms with E-state index < -0.39 is 0 Å². The Morgan fingerprint density at radius 2 is 2.04 bits per heavy atom. The second-order valence-corrected chi connectivity index (χ2v) is 5.44. The van der Waals surface area contributed by atoms with Crippen LogP contribution in [0, 0.1) is 0 Å². The third-order valence-electron chi connectivity index (χ3n) is 3.27. The number of aromatic nitrogens is 2. The summed E-state index contributed by atoms with van der Waals surface area (Å²) in [6.07, 6.45) is 4.23. The van der Waals surface area contributed by atoms with Gasteiger partial charge in [-0.1, -0.05) is 23.7 Å². The van der Waals surface area contributed by atoms with E-state index in [2.05, 4.69) is 26.7 Å². The lowest BCUT2D eigenvalue weighted by Crippen LogP contribution is -2.09. The summed E-state index contributed by atoms with van der Waals surface area (Å²) in [4.78, 5) is 8.64. The van der Waals surface area contributed by atoms with E-state index in [1.165, 1.54) is 5.56 Å². The SMILES string of the molecule is Clc1cccc(CCNc2nccc(NCc3ccco3)n2)c1. The molecule has 2 heterocycles. The van der Waals surface area contributed by atoms with Crippen LogP contribution in [0.15, 0.2) is 59.3 Å².